The molecule has 0 radical (unpaired) electrons. The van der Waals surface area contributed by atoms with Crippen LogP contribution in [0.4, 0.5) is 4.39 Å². The third-order valence-corrected chi connectivity index (χ3v) is 2.78. The van der Waals surface area contributed by atoms with Crippen molar-refractivity contribution in [1.82, 2.24) is 0 Å². The Morgan fingerprint density at radius 3 is 2.69 bits per heavy atom. The van der Waals surface area contributed by atoms with E-state index in [2.05, 4.69) is 18.8 Å². The topological polar surface area (TPSA) is 9.23 Å². The first-order valence-electron chi connectivity index (χ1n) is 5.52. The molecule has 1 aromatic rings. The van der Waals surface area contributed by atoms with E-state index in [0.29, 0.717) is 19.6 Å². The Kier molecular flexibility index (Phi) is 2.98. The third-order valence-electron chi connectivity index (χ3n) is 2.78. The van der Waals surface area contributed by atoms with Gasteiger partial charge < -0.3 is 4.74 Å². The van der Waals surface area contributed by atoms with Crippen LogP contribution in [-0.4, -0.2) is 13.2 Å². The molecule has 0 aliphatic carbocycles. The summed E-state index contributed by atoms with van der Waals surface area (Å²) in [7, 11) is 0. The van der Waals surface area contributed by atoms with E-state index in [0.717, 1.165) is 11.1 Å². The van der Waals surface area contributed by atoms with Crippen molar-refractivity contribution in [3.8, 4) is 11.8 Å². The summed E-state index contributed by atoms with van der Waals surface area (Å²) in [5, 5.41) is 0. The highest BCUT2D eigenvalue weighted by Crippen LogP contribution is 2.25. The standard InChI is InChI=1S/C14H15FO/c1-3-12-5-4-11(8-13(12)15)6-7-14(2)9-16-10-14/h4-5,8H,3,9-10H2,1-2H3. The highest BCUT2D eigenvalue weighted by Gasteiger charge is 2.30. The van der Waals surface area contributed by atoms with Crippen molar-refractivity contribution in [3.63, 3.8) is 0 Å². The molecule has 1 heterocycles. The van der Waals surface area contributed by atoms with Crippen LogP contribution in [0.25, 0.3) is 0 Å². The average Bonchev–Trinajstić information content (AvgIpc) is 2.24. The molecule has 0 bridgehead atoms. The molecule has 0 aromatic heterocycles. The zero-order valence-electron chi connectivity index (χ0n) is 9.64. The van der Waals surface area contributed by atoms with Gasteiger partial charge in [-0.25, -0.2) is 4.39 Å². The maximum absolute atomic E-state index is 13.5. The smallest absolute Gasteiger partial charge is 0.127 e. The number of hydrogen-bond donors (Lipinski definition) is 0. The van der Waals surface area contributed by atoms with Crippen molar-refractivity contribution in [1.29, 1.82) is 0 Å². The van der Waals surface area contributed by atoms with Crippen LogP contribution in [0.2, 0.25) is 0 Å². The number of rotatable bonds is 1. The Bertz CT molecular complexity index is 450. The predicted molar refractivity (Wildman–Crippen MR) is 61.6 cm³/mol. The lowest BCUT2D eigenvalue weighted by molar-refractivity contribution is -0.0648. The van der Waals surface area contributed by atoms with Crippen molar-refractivity contribution in [2.75, 3.05) is 13.2 Å². The van der Waals surface area contributed by atoms with Gasteiger partial charge in [0.1, 0.15) is 5.82 Å². The van der Waals surface area contributed by atoms with E-state index < -0.39 is 0 Å². The minimum Gasteiger partial charge on any atom is -0.378 e. The van der Waals surface area contributed by atoms with Gasteiger partial charge in [-0.2, -0.15) is 0 Å². The van der Waals surface area contributed by atoms with E-state index in [1.54, 1.807) is 6.07 Å². The van der Waals surface area contributed by atoms with E-state index in [-0.39, 0.29) is 11.2 Å². The SMILES string of the molecule is CCc1ccc(C#CC2(C)COC2)cc1F. The van der Waals surface area contributed by atoms with Gasteiger partial charge in [-0.1, -0.05) is 24.8 Å². The summed E-state index contributed by atoms with van der Waals surface area (Å²) < 4.78 is 18.6. The molecule has 0 unspecified atom stereocenters. The summed E-state index contributed by atoms with van der Waals surface area (Å²) >= 11 is 0. The Labute approximate surface area is 95.6 Å². The lowest BCUT2D eigenvalue weighted by Gasteiger charge is -2.32. The molecule has 2 rings (SSSR count). The summed E-state index contributed by atoms with van der Waals surface area (Å²) in [6, 6.07) is 5.19. The van der Waals surface area contributed by atoms with Crippen molar-refractivity contribution < 1.29 is 9.13 Å². The summed E-state index contributed by atoms with van der Waals surface area (Å²) in [4.78, 5) is 0. The van der Waals surface area contributed by atoms with Gasteiger partial charge in [0.05, 0.1) is 18.6 Å². The van der Waals surface area contributed by atoms with E-state index in [1.165, 1.54) is 6.07 Å². The first kappa shape index (κ1) is 11.2. The molecule has 1 aromatic carbocycles. The lowest BCUT2D eigenvalue weighted by Crippen LogP contribution is -2.38. The summed E-state index contributed by atoms with van der Waals surface area (Å²) in [5.74, 6) is 5.98. The van der Waals surface area contributed by atoms with Gasteiger partial charge >= 0.3 is 0 Å². The van der Waals surface area contributed by atoms with Gasteiger partial charge in [0.2, 0.25) is 0 Å². The fraction of sp³-hybridized carbons (Fsp3) is 0.429. The number of hydrogen-bond acceptors (Lipinski definition) is 1. The van der Waals surface area contributed by atoms with Gasteiger partial charge in [-0.15, -0.1) is 0 Å². The van der Waals surface area contributed by atoms with Crippen LogP contribution in [0.15, 0.2) is 18.2 Å². The number of ether oxygens (including phenoxy) is 1. The van der Waals surface area contributed by atoms with Crippen LogP contribution in [-0.2, 0) is 11.2 Å². The van der Waals surface area contributed by atoms with Crippen molar-refractivity contribution >= 4 is 0 Å². The monoisotopic (exact) mass is 218 g/mol. The summed E-state index contributed by atoms with van der Waals surface area (Å²) in [6.07, 6.45) is 0.713. The fourth-order valence-electron chi connectivity index (χ4n) is 1.62. The van der Waals surface area contributed by atoms with Crippen molar-refractivity contribution in [3.05, 3.63) is 35.1 Å². The third kappa shape index (κ3) is 2.25. The molecule has 1 nitrogen and oxygen atoms in total. The van der Waals surface area contributed by atoms with E-state index in [9.17, 15) is 4.39 Å². The second-order valence-corrected chi connectivity index (χ2v) is 4.46. The lowest BCUT2D eigenvalue weighted by atomic mass is 9.89. The molecule has 84 valence electrons. The zero-order valence-corrected chi connectivity index (χ0v) is 9.64. The molecule has 2 heteroatoms. The van der Waals surface area contributed by atoms with Crippen molar-refractivity contribution in [2.45, 2.75) is 20.3 Å². The van der Waals surface area contributed by atoms with Crippen LogP contribution in [0.3, 0.4) is 0 Å². The van der Waals surface area contributed by atoms with E-state index >= 15 is 0 Å². The Morgan fingerprint density at radius 2 is 2.19 bits per heavy atom. The van der Waals surface area contributed by atoms with Crippen LogP contribution in [0.5, 0.6) is 0 Å². The Morgan fingerprint density at radius 1 is 1.44 bits per heavy atom. The first-order valence-corrected chi connectivity index (χ1v) is 5.52. The van der Waals surface area contributed by atoms with Gasteiger partial charge in [-0.3, -0.25) is 0 Å². The van der Waals surface area contributed by atoms with E-state index in [1.807, 2.05) is 13.0 Å². The maximum atomic E-state index is 13.5. The number of benzene rings is 1. The molecule has 1 fully saturated rings. The number of aryl methyl sites for hydroxylation is 1. The minimum absolute atomic E-state index is 0.0418. The van der Waals surface area contributed by atoms with Gasteiger partial charge in [0.15, 0.2) is 0 Å². The molecular formula is C14H15FO. The minimum atomic E-state index is -0.163. The molecule has 0 spiro atoms. The normalized spacial score (nSPS) is 17.2. The first-order chi connectivity index (χ1) is 7.63. The molecule has 1 saturated heterocycles. The quantitative estimate of drug-likeness (QED) is 0.659. The predicted octanol–water partition coefficient (Wildman–Crippen LogP) is 2.78. The van der Waals surface area contributed by atoms with Crippen molar-refractivity contribution in [2.24, 2.45) is 5.41 Å². The Hall–Kier alpha value is -1.33. The molecule has 0 saturated carbocycles. The number of halogens is 1. The van der Waals surface area contributed by atoms with Gasteiger partial charge in [-0.05, 0) is 31.0 Å². The summed E-state index contributed by atoms with van der Waals surface area (Å²) in [5.41, 5.74) is 1.44. The molecule has 0 amide bonds. The Balaban J connectivity index is 2.19. The van der Waals surface area contributed by atoms with Gasteiger partial charge in [0, 0.05) is 5.56 Å². The largest absolute Gasteiger partial charge is 0.378 e. The molecule has 1 aliphatic rings. The highest BCUT2D eigenvalue weighted by atomic mass is 19.1. The molecule has 0 N–H and O–H groups in total. The second-order valence-electron chi connectivity index (χ2n) is 4.46. The van der Waals surface area contributed by atoms with Gasteiger partial charge in [0.25, 0.3) is 0 Å². The zero-order chi connectivity index (χ0) is 11.6. The van der Waals surface area contributed by atoms with Crippen LogP contribution in [0.1, 0.15) is 25.0 Å². The average molecular weight is 218 g/mol. The highest BCUT2D eigenvalue weighted by molar-refractivity contribution is 5.38. The second kappa shape index (κ2) is 4.27. The van der Waals surface area contributed by atoms with Crippen LogP contribution < -0.4 is 0 Å². The molecule has 0 atom stereocenters. The molecule has 16 heavy (non-hydrogen) atoms. The molecule has 1 aliphatic heterocycles. The van der Waals surface area contributed by atoms with Crippen LogP contribution >= 0.6 is 0 Å². The molecular weight excluding hydrogens is 203 g/mol. The fourth-order valence-corrected chi connectivity index (χ4v) is 1.62. The summed E-state index contributed by atoms with van der Waals surface area (Å²) in [6.45, 7) is 5.35. The van der Waals surface area contributed by atoms with Crippen LogP contribution in [0, 0.1) is 23.1 Å². The maximum Gasteiger partial charge on any atom is 0.127 e. The van der Waals surface area contributed by atoms with E-state index in [4.69, 9.17) is 4.74 Å².